The molecule has 0 aromatic heterocycles. The fraction of sp³-hybridized carbons (Fsp3) is 0.500. The van der Waals surface area contributed by atoms with E-state index in [1.165, 1.54) is 0 Å². The number of piperidine rings is 1. The van der Waals surface area contributed by atoms with Gasteiger partial charge in [0.15, 0.2) is 0 Å². The van der Waals surface area contributed by atoms with Crippen molar-refractivity contribution in [3.8, 4) is 0 Å². The molecule has 1 saturated heterocycles. The molecule has 0 saturated carbocycles. The van der Waals surface area contributed by atoms with Crippen LogP contribution in [0, 0.1) is 0 Å². The lowest BCUT2D eigenvalue weighted by atomic mass is 9.99. The van der Waals surface area contributed by atoms with Gasteiger partial charge in [0.1, 0.15) is 6.04 Å². The van der Waals surface area contributed by atoms with E-state index in [2.05, 4.69) is 5.32 Å². The zero-order chi connectivity index (χ0) is 13.8. The average molecular weight is 283 g/mol. The fourth-order valence-electron chi connectivity index (χ4n) is 2.65. The Morgan fingerprint density at radius 1 is 1.53 bits per heavy atom. The number of benzene rings is 1. The number of hydrogen-bond acceptors (Lipinski definition) is 3. The van der Waals surface area contributed by atoms with Gasteiger partial charge in [-0.25, -0.2) is 0 Å². The molecule has 2 rings (SSSR count). The predicted octanol–water partition coefficient (Wildman–Crippen LogP) is 1.94. The zero-order valence-corrected chi connectivity index (χ0v) is 11.8. The third-order valence-corrected chi connectivity index (χ3v) is 3.88. The van der Waals surface area contributed by atoms with Crippen molar-refractivity contribution in [3.05, 3.63) is 28.8 Å². The Labute approximate surface area is 118 Å². The van der Waals surface area contributed by atoms with Gasteiger partial charge >= 0.3 is 0 Å². The number of hydrogen-bond donors (Lipinski definition) is 2. The Balaban J connectivity index is 2.40. The number of amides is 1. The summed E-state index contributed by atoms with van der Waals surface area (Å²) in [6, 6.07) is 5.25. The summed E-state index contributed by atoms with van der Waals surface area (Å²) in [5, 5.41) is 12.8. The molecule has 1 unspecified atom stereocenters. The van der Waals surface area contributed by atoms with Crippen molar-refractivity contribution in [1.29, 1.82) is 0 Å². The summed E-state index contributed by atoms with van der Waals surface area (Å²) in [7, 11) is 1.65. The minimum atomic E-state index is -0.205. The second-order valence-electron chi connectivity index (χ2n) is 4.72. The topological polar surface area (TPSA) is 52.6 Å². The lowest BCUT2D eigenvalue weighted by Gasteiger charge is -2.37. The highest BCUT2D eigenvalue weighted by atomic mass is 35.5. The van der Waals surface area contributed by atoms with Crippen LogP contribution in [-0.2, 0) is 11.4 Å². The fourth-order valence-corrected chi connectivity index (χ4v) is 2.95. The van der Waals surface area contributed by atoms with Gasteiger partial charge in [-0.3, -0.25) is 4.79 Å². The van der Waals surface area contributed by atoms with Gasteiger partial charge in [-0.2, -0.15) is 0 Å². The van der Waals surface area contributed by atoms with Gasteiger partial charge < -0.3 is 15.3 Å². The SMILES string of the molecule is CNC(=O)C1CCCCN1c1c(Cl)cccc1CO. The zero-order valence-electron chi connectivity index (χ0n) is 11.0. The van der Waals surface area contributed by atoms with Crippen LogP contribution in [0.5, 0.6) is 0 Å². The van der Waals surface area contributed by atoms with Crippen molar-refractivity contribution >= 4 is 23.2 Å². The molecule has 1 fully saturated rings. The van der Waals surface area contributed by atoms with Gasteiger partial charge in [0, 0.05) is 19.2 Å². The van der Waals surface area contributed by atoms with Gasteiger partial charge in [-0.1, -0.05) is 23.7 Å². The van der Waals surface area contributed by atoms with Crippen LogP contribution in [0.25, 0.3) is 0 Å². The van der Waals surface area contributed by atoms with Crippen LogP contribution in [0.3, 0.4) is 0 Å². The normalized spacial score (nSPS) is 19.3. The van der Waals surface area contributed by atoms with E-state index in [-0.39, 0.29) is 18.6 Å². The number of likely N-dealkylation sites (N-methyl/N-ethyl adjacent to an activating group) is 1. The number of nitrogens with zero attached hydrogens (tertiary/aromatic N) is 1. The molecule has 1 aliphatic rings. The Morgan fingerprint density at radius 2 is 2.32 bits per heavy atom. The van der Waals surface area contributed by atoms with Gasteiger partial charge in [-0.15, -0.1) is 0 Å². The summed E-state index contributed by atoms with van der Waals surface area (Å²) in [5.74, 6) is 0.00325. The van der Waals surface area contributed by atoms with Gasteiger partial charge in [0.2, 0.25) is 5.91 Å². The molecule has 1 aliphatic heterocycles. The number of rotatable bonds is 3. The summed E-state index contributed by atoms with van der Waals surface area (Å²) < 4.78 is 0. The Morgan fingerprint density at radius 3 is 3.00 bits per heavy atom. The number of aliphatic hydroxyl groups is 1. The number of aliphatic hydroxyl groups excluding tert-OH is 1. The molecule has 1 heterocycles. The first-order chi connectivity index (χ1) is 9.19. The van der Waals surface area contributed by atoms with Gasteiger partial charge in [0.05, 0.1) is 17.3 Å². The van der Waals surface area contributed by atoms with E-state index in [9.17, 15) is 9.90 Å². The van der Waals surface area contributed by atoms with Crippen molar-refractivity contribution in [2.45, 2.75) is 31.9 Å². The molecule has 104 valence electrons. The van der Waals surface area contributed by atoms with Gasteiger partial charge in [-0.05, 0) is 25.3 Å². The van der Waals surface area contributed by atoms with Crippen molar-refractivity contribution in [2.24, 2.45) is 0 Å². The first-order valence-electron chi connectivity index (χ1n) is 6.55. The first-order valence-corrected chi connectivity index (χ1v) is 6.93. The van der Waals surface area contributed by atoms with E-state index >= 15 is 0 Å². The molecule has 0 aliphatic carbocycles. The number of nitrogens with one attached hydrogen (secondary N) is 1. The molecule has 0 spiro atoms. The van der Waals surface area contributed by atoms with E-state index < -0.39 is 0 Å². The van der Waals surface area contributed by atoms with Crippen molar-refractivity contribution in [3.63, 3.8) is 0 Å². The molecule has 1 atom stereocenters. The molecule has 0 bridgehead atoms. The number of carbonyl (C=O) groups excluding carboxylic acids is 1. The smallest absolute Gasteiger partial charge is 0.242 e. The number of carbonyl (C=O) groups is 1. The van der Waals surface area contributed by atoms with Crippen LogP contribution in [0.2, 0.25) is 5.02 Å². The molecule has 5 heteroatoms. The van der Waals surface area contributed by atoms with Crippen LogP contribution in [0.4, 0.5) is 5.69 Å². The second kappa shape index (κ2) is 6.26. The summed E-state index contributed by atoms with van der Waals surface area (Å²) in [6.07, 6.45) is 2.88. The largest absolute Gasteiger partial charge is 0.392 e. The van der Waals surface area contributed by atoms with Crippen LogP contribution in [-0.4, -0.2) is 30.6 Å². The van der Waals surface area contributed by atoms with Crippen LogP contribution in [0.1, 0.15) is 24.8 Å². The standard InChI is InChI=1S/C14H19ClN2O2/c1-16-14(19)12-7-2-3-8-17(12)13-10(9-18)5-4-6-11(13)15/h4-6,12,18H,2-3,7-9H2,1H3,(H,16,19). The quantitative estimate of drug-likeness (QED) is 0.891. The number of para-hydroxylation sites is 1. The maximum atomic E-state index is 12.0. The number of anilines is 1. The van der Waals surface area contributed by atoms with Crippen molar-refractivity contribution < 1.29 is 9.90 Å². The lowest BCUT2D eigenvalue weighted by molar-refractivity contribution is -0.122. The summed E-state index contributed by atoms with van der Waals surface area (Å²) >= 11 is 6.27. The molecule has 1 aromatic rings. The molecule has 1 aromatic carbocycles. The summed E-state index contributed by atoms with van der Waals surface area (Å²) in [4.78, 5) is 14.0. The van der Waals surface area contributed by atoms with Crippen LogP contribution < -0.4 is 10.2 Å². The molecule has 4 nitrogen and oxygen atoms in total. The van der Waals surface area contributed by atoms with Gasteiger partial charge in [0.25, 0.3) is 0 Å². The Kier molecular flexibility index (Phi) is 4.66. The average Bonchev–Trinajstić information content (AvgIpc) is 2.46. The van der Waals surface area contributed by atoms with Crippen LogP contribution in [0.15, 0.2) is 18.2 Å². The minimum absolute atomic E-state index is 0.00325. The molecule has 2 N–H and O–H groups in total. The second-order valence-corrected chi connectivity index (χ2v) is 5.13. The van der Waals surface area contributed by atoms with E-state index in [0.717, 1.165) is 37.1 Å². The van der Waals surface area contributed by atoms with E-state index in [1.807, 2.05) is 17.0 Å². The maximum absolute atomic E-state index is 12.0. The molecule has 0 radical (unpaired) electrons. The maximum Gasteiger partial charge on any atom is 0.242 e. The van der Waals surface area contributed by atoms with Crippen molar-refractivity contribution in [2.75, 3.05) is 18.5 Å². The van der Waals surface area contributed by atoms with E-state index in [4.69, 9.17) is 11.6 Å². The predicted molar refractivity (Wildman–Crippen MR) is 76.4 cm³/mol. The lowest BCUT2D eigenvalue weighted by Crippen LogP contribution is -2.49. The summed E-state index contributed by atoms with van der Waals surface area (Å²) in [6.45, 7) is 0.710. The third kappa shape index (κ3) is 2.85. The molecule has 1 amide bonds. The third-order valence-electron chi connectivity index (χ3n) is 3.58. The van der Waals surface area contributed by atoms with Crippen LogP contribution >= 0.6 is 11.6 Å². The van der Waals surface area contributed by atoms with E-state index in [0.29, 0.717) is 5.02 Å². The molecule has 19 heavy (non-hydrogen) atoms. The monoisotopic (exact) mass is 282 g/mol. The highest BCUT2D eigenvalue weighted by Gasteiger charge is 2.30. The van der Waals surface area contributed by atoms with Crippen molar-refractivity contribution in [1.82, 2.24) is 5.32 Å². The Hall–Kier alpha value is -1.26. The van der Waals surface area contributed by atoms with E-state index in [1.54, 1.807) is 13.1 Å². The Bertz CT molecular complexity index is 465. The molecular formula is C14H19ClN2O2. The highest BCUT2D eigenvalue weighted by Crippen LogP contribution is 2.34. The number of halogens is 1. The minimum Gasteiger partial charge on any atom is -0.392 e. The summed E-state index contributed by atoms with van der Waals surface area (Å²) in [5.41, 5.74) is 1.56. The highest BCUT2D eigenvalue weighted by molar-refractivity contribution is 6.33. The molecular weight excluding hydrogens is 264 g/mol. The first kappa shape index (κ1) is 14.2.